The number of alkyl halides is 1. The molecule has 0 N–H and O–H groups in total. The number of hydrogen-bond donors (Lipinski definition) is 0. The molecule has 3 nitrogen and oxygen atoms in total. The molecule has 0 saturated carbocycles. The van der Waals surface area contributed by atoms with Gasteiger partial charge < -0.3 is 9.64 Å². The lowest BCUT2D eigenvalue weighted by Gasteiger charge is -2.33. The highest BCUT2D eigenvalue weighted by molar-refractivity contribution is 6.17. The molecule has 1 aromatic carbocycles. The van der Waals surface area contributed by atoms with Crippen LogP contribution in [0.15, 0.2) is 18.2 Å². The zero-order valence-electron chi connectivity index (χ0n) is 10.5. The van der Waals surface area contributed by atoms with Crippen molar-refractivity contribution in [1.29, 1.82) is 5.26 Å². The Hall–Kier alpha value is -1.24. The van der Waals surface area contributed by atoms with Crippen molar-refractivity contribution in [2.75, 3.05) is 25.2 Å². The molecule has 1 heterocycles. The molecule has 0 radical (unpaired) electrons. The summed E-state index contributed by atoms with van der Waals surface area (Å²) in [7, 11) is 2.05. The van der Waals surface area contributed by atoms with E-state index in [1.165, 1.54) is 0 Å². The number of anilines is 1. The predicted molar refractivity (Wildman–Crippen MR) is 73.0 cm³/mol. The molecule has 0 bridgehead atoms. The van der Waals surface area contributed by atoms with E-state index in [9.17, 15) is 5.26 Å². The minimum atomic E-state index is 0.440. The molecule has 0 aromatic heterocycles. The van der Waals surface area contributed by atoms with Crippen molar-refractivity contribution in [1.82, 2.24) is 0 Å². The van der Waals surface area contributed by atoms with Crippen LogP contribution >= 0.6 is 11.6 Å². The van der Waals surface area contributed by atoms with Crippen molar-refractivity contribution in [3.8, 4) is 6.07 Å². The van der Waals surface area contributed by atoms with E-state index in [0.29, 0.717) is 17.5 Å². The van der Waals surface area contributed by atoms with Crippen LogP contribution in [0, 0.1) is 11.3 Å². The molecular weight excluding hydrogens is 248 g/mol. The largest absolute Gasteiger partial charge is 0.381 e. The van der Waals surface area contributed by atoms with Crippen LogP contribution in [0.2, 0.25) is 0 Å². The fourth-order valence-electron chi connectivity index (χ4n) is 2.33. The Kier molecular flexibility index (Phi) is 4.46. The number of hydrogen-bond acceptors (Lipinski definition) is 3. The van der Waals surface area contributed by atoms with Crippen LogP contribution in [0.5, 0.6) is 0 Å². The molecule has 1 aromatic rings. The van der Waals surface area contributed by atoms with Crippen LogP contribution in [-0.2, 0) is 10.6 Å². The Morgan fingerprint density at radius 2 is 2.17 bits per heavy atom. The minimum Gasteiger partial charge on any atom is -0.381 e. The number of rotatable bonds is 3. The van der Waals surface area contributed by atoms with E-state index in [1.54, 1.807) is 0 Å². The summed E-state index contributed by atoms with van der Waals surface area (Å²) in [6, 6.07) is 8.56. The van der Waals surface area contributed by atoms with Gasteiger partial charge in [-0.05, 0) is 30.5 Å². The molecule has 96 valence electrons. The first kappa shape index (κ1) is 13.2. The highest BCUT2D eigenvalue weighted by Crippen LogP contribution is 2.26. The summed E-state index contributed by atoms with van der Waals surface area (Å²) in [6.45, 7) is 1.60. The number of ether oxygens (including phenoxy) is 1. The molecule has 0 spiro atoms. The average molecular weight is 265 g/mol. The van der Waals surface area contributed by atoms with Gasteiger partial charge in [0, 0.05) is 32.2 Å². The van der Waals surface area contributed by atoms with Crippen molar-refractivity contribution in [3.63, 3.8) is 0 Å². The fourth-order valence-corrected chi connectivity index (χ4v) is 2.50. The van der Waals surface area contributed by atoms with E-state index in [1.807, 2.05) is 25.2 Å². The third-order valence-corrected chi connectivity index (χ3v) is 3.76. The van der Waals surface area contributed by atoms with E-state index in [4.69, 9.17) is 16.3 Å². The molecule has 2 rings (SSSR count). The van der Waals surface area contributed by atoms with E-state index >= 15 is 0 Å². The summed E-state index contributed by atoms with van der Waals surface area (Å²) in [6.07, 6.45) is 2.03. The van der Waals surface area contributed by atoms with E-state index in [2.05, 4.69) is 11.0 Å². The van der Waals surface area contributed by atoms with Crippen molar-refractivity contribution >= 4 is 17.3 Å². The number of halogens is 1. The van der Waals surface area contributed by atoms with Crippen molar-refractivity contribution in [3.05, 3.63) is 29.3 Å². The maximum Gasteiger partial charge on any atom is 0.101 e. The second-order valence-electron chi connectivity index (χ2n) is 4.55. The zero-order chi connectivity index (χ0) is 13.0. The minimum absolute atomic E-state index is 0.440. The molecule has 1 aliphatic heterocycles. The van der Waals surface area contributed by atoms with Crippen molar-refractivity contribution in [2.45, 2.75) is 24.8 Å². The van der Waals surface area contributed by atoms with Crippen LogP contribution in [0.25, 0.3) is 0 Å². The topological polar surface area (TPSA) is 36.3 Å². The lowest BCUT2D eigenvalue weighted by molar-refractivity contribution is 0.0855. The number of nitrogens with zero attached hydrogens (tertiary/aromatic N) is 2. The molecule has 4 heteroatoms. The summed E-state index contributed by atoms with van der Waals surface area (Å²) in [5.74, 6) is 0.440. The normalized spacial score (nSPS) is 16.3. The molecule has 0 atom stereocenters. The Bertz CT molecular complexity index is 450. The van der Waals surface area contributed by atoms with Gasteiger partial charge in [0.05, 0.1) is 11.3 Å². The van der Waals surface area contributed by atoms with Crippen LogP contribution in [0.3, 0.4) is 0 Å². The van der Waals surface area contributed by atoms with Gasteiger partial charge in [-0.25, -0.2) is 0 Å². The molecule has 18 heavy (non-hydrogen) atoms. The smallest absolute Gasteiger partial charge is 0.101 e. The van der Waals surface area contributed by atoms with E-state index in [0.717, 1.165) is 37.3 Å². The average Bonchev–Trinajstić information content (AvgIpc) is 2.46. The van der Waals surface area contributed by atoms with Gasteiger partial charge in [-0.3, -0.25) is 0 Å². The summed E-state index contributed by atoms with van der Waals surface area (Å²) in [4.78, 5) is 2.19. The Balaban J connectivity index is 2.23. The molecular formula is C14H17ClN2O. The van der Waals surface area contributed by atoms with Gasteiger partial charge in [0.1, 0.15) is 6.07 Å². The van der Waals surface area contributed by atoms with Gasteiger partial charge in [-0.1, -0.05) is 6.07 Å². The van der Waals surface area contributed by atoms with E-state index in [-0.39, 0.29) is 0 Å². The second-order valence-corrected chi connectivity index (χ2v) is 4.82. The molecule has 1 aliphatic rings. The maximum atomic E-state index is 9.24. The van der Waals surface area contributed by atoms with Gasteiger partial charge in [-0.2, -0.15) is 5.26 Å². The van der Waals surface area contributed by atoms with Gasteiger partial charge >= 0.3 is 0 Å². The monoisotopic (exact) mass is 264 g/mol. The van der Waals surface area contributed by atoms with Gasteiger partial charge in [0.15, 0.2) is 0 Å². The van der Waals surface area contributed by atoms with Gasteiger partial charge in [-0.15, -0.1) is 11.6 Å². The van der Waals surface area contributed by atoms with Crippen molar-refractivity contribution in [2.24, 2.45) is 0 Å². The third kappa shape index (κ3) is 2.77. The highest BCUT2D eigenvalue weighted by atomic mass is 35.5. The Morgan fingerprint density at radius 1 is 1.44 bits per heavy atom. The molecule has 0 unspecified atom stereocenters. The highest BCUT2D eigenvalue weighted by Gasteiger charge is 2.20. The maximum absolute atomic E-state index is 9.24. The Labute approximate surface area is 113 Å². The van der Waals surface area contributed by atoms with Gasteiger partial charge in [0.25, 0.3) is 0 Å². The third-order valence-electron chi connectivity index (χ3n) is 3.45. The van der Waals surface area contributed by atoms with Crippen molar-refractivity contribution < 1.29 is 4.74 Å². The molecule has 1 fully saturated rings. The summed E-state index contributed by atoms with van der Waals surface area (Å²) in [5, 5.41) is 9.24. The standard InChI is InChI=1S/C14H17ClN2O/c1-17(13-4-6-18-7-5-13)14-3-2-11(9-15)8-12(14)10-16/h2-3,8,13H,4-7,9H2,1H3. The summed E-state index contributed by atoms with van der Waals surface area (Å²) in [5.41, 5.74) is 2.66. The fraction of sp³-hybridized carbons (Fsp3) is 0.500. The Morgan fingerprint density at radius 3 is 2.78 bits per heavy atom. The number of nitriles is 1. The summed E-state index contributed by atoms with van der Waals surface area (Å²) < 4.78 is 5.37. The molecule has 0 amide bonds. The van der Waals surface area contributed by atoms with Crippen LogP contribution in [-0.4, -0.2) is 26.3 Å². The summed E-state index contributed by atoms with van der Waals surface area (Å²) >= 11 is 5.80. The lowest BCUT2D eigenvalue weighted by Crippen LogP contribution is -2.37. The predicted octanol–water partition coefficient (Wildman–Crippen LogP) is 2.91. The van der Waals surface area contributed by atoms with Crippen LogP contribution in [0.4, 0.5) is 5.69 Å². The quantitative estimate of drug-likeness (QED) is 0.788. The second kappa shape index (κ2) is 6.08. The first-order valence-corrected chi connectivity index (χ1v) is 6.69. The van der Waals surface area contributed by atoms with Crippen LogP contribution in [0.1, 0.15) is 24.0 Å². The van der Waals surface area contributed by atoms with Gasteiger partial charge in [0.2, 0.25) is 0 Å². The lowest BCUT2D eigenvalue weighted by atomic mass is 10.0. The van der Waals surface area contributed by atoms with Crippen LogP contribution < -0.4 is 4.90 Å². The first-order valence-electron chi connectivity index (χ1n) is 6.16. The van der Waals surface area contributed by atoms with E-state index < -0.39 is 0 Å². The SMILES string of the molecule is CN(c1ccc(CCl)cc1C#N)C1CCOCC1. The zero-order valence-corrected chi connectivity index (χ0v) is 11.3. The molecule has 1 saturated heterocycles. The molecule has 0 aliphatic carbocycles. The first-order chi connectivity index (χ1) is 8.76. The number of benzene rings is 1.